The van der Waals surface area contributed by atoms with Crippen molar-refractivity contribution >= 4 is 12.2 Å². The molecule has 0 aliphatic heterocycles. The number of hydrogen-bond acceptors (Lipinski definition) is 3. The van der Waals surface area contributed by atoms with Crippen LogP contribution in [-0.4, -0.2) is 26.2 Å². The second-order valence-corrected chi connectivity index (χ2v) is 6.79. The summed E-state index contributed by atoms with van der Waals surface area (Å²) in [5.41, 5.74) is 4.55. The summed E-state index contributed by atoms with van der Waals surface area (Å²) >= 11 is 0. The number of hydrogen-bond donors (Lipinski definition) is 0. The molecule has 0 aliphatic carbocycles. The van der Waals surface area contributed by atoms with Gasteiger partial charge in [0.05, 0.1) is 30.5 Å². The SMILES string of the molecule is COc1cc(C=Cc2nc(-c3ccc(F)cc3)cn2C)ccc1-n1cnc(C)c1. The van der Waals surface area contributed by atoms with Crippen LogP contribution in [0, 0.1) is 12.7 Å². The number of methoxy groups -OCH3 is 1. The topological polar surface area (TPSA) is 44.9 Å². The predicted molar refractivity (Wildman–Crippen MR) is 112 cm³/mol. The second kappa shape index (κ2) is 7.75. The first-order chi connectivity index (χ1) is 14.0. The summed E-state index contributed by atoms with van der Waals surface area (Å²) in [7, 11) is 3.59. The summed E-state index contributed by atoms with van der Waals surface area (Å²) < 4.78 is 22.6. The van der Waals surface area contributed by atoms with Crippen LogP contribution >= 0.6 is 0 Å². The van der Waals surface area contributed by atoms with Gasteiger partial charge in [0, 0.05) is 25.0 Å². The van der Waals surface area contributed by atoms with E-state index in [1.54, 1.807) is 25.6 Å². The predicted octanol–water partition coefficient (Wildman–Crippen LogP) is 4.90. The Morgan fingerprint density at radius 3 is 2.52 bits per heavy atom. The van der Waals surface area contributed by atoms with E-state index in [1.165, 1.54) is 12.1 Å². The number of imidazole rings is 2. The zero-order valence-corrected chi connectivity index (χ0v) is 16.5. The fraction of sp³-hybridized carbons (Fsp3) is 0.130. The summed E-state index contributed by atoms with van der Waals surface area (Å²) in [5.74, 6) is 1.31. The van der Waals surface area contributed by atoms with Crippen molar-refractivity contribution in [2.45, 2.75) is 6.92 Å². The lowest BCUT2D eigenvalue weighted by atomic mass is 10.1. The molecule has 0 saturated heterocycles. The lowest BCUT2D eigenvalue weighted by Crippen LogP contribution is -1.96. The molecule has 2 heterocycles. The molecule has 0 fully saturated rings. The zero-order valence-electron chi connectivity index (χ0n) is 16.5. The van der Waals surface area contributed by atoms with E-state index in [0.29, 0.717) is 0 Å². The molecule has 29 heavy (non-hydrogen) atoms. The van der Waals surface area contributed by atoms with Crippen molar-refractivity contribution < 1.29 is 9.13 Å². The summed E-state index contributed by atoms with van der Waals surface area (Å²) in [6, 6.07) is 12.3. The molecule has 0 saturated carbocycles. The lowest BCUT2D eigenvalue weighted by molar-refractivity contribution is 0.413. The molecule has 0 atom stereocenters. The quantitative estimate of drug-likeness (QED) is 0.488. The van der Waals surface area contributed by atoms with Crippen LogP contribution in [-0.2, 0) is 7.05 Å². The third kappa shape index (κ3) is 3.96. The largest absolute Gasteiger partial charge is 0.495 e. The van der Waals surface area contributed by atoms with Crippen molar-refractivity contribution in [3.8, 4) is 22.7 Å². The average Bonchev–Trinajstić information content (AvgIpc) is 3.32. The Morgan fingerprint density at radius 1 is 1.03 bits per heavy atom. The van der Waals surface area contributed by atoms with Gasteiger partial charge in [-0.25, -0.2) is 14.4 Å². The summed E-state index contributed by atoms with van der Waals surface area (Å²) in [6.07, 6.45) is 9.59. The number of aromatic nitrogens is 4. The summed E-state index contributed by atoms with van der Waals surface area (Å²) in [5, 5.41) is 0. The Kier molecular flexibility index (Phi) is 4.99. The number of halogens is 1. The van der Waals surface area contributed by atoms with Crippen molar-refractivity contribution in [3.05, 3.63) is 84.1 Å². The fourth-order valence-corrected chi connectivity index (χ4v) is 3.13. The highest BCUT2D eigenvalue weighted by atomic mass is 19.1. The van der Waals surface area contributed by atoms with E-state index in [0.717, 1.165) is 39.8 Å². The normalized spacial score (nSPS) is 11.3. The lowest BCUT2D eigenvalue weighted by Gasteiger charge is -2.10. The van der Waals surface area contributed by atoms with E-state index in [1.807, 2.05) is 65.9 Å². The van der Waals surface area contributed by atoms with Gasteiger partial charge < -0.3 is 13.9 Å². The molecule has 0 bridgehead atoms. The molecule has 0 spiro atoms. The maximum Gasteiger partial charge on any atom is 0.143 e. The third-order valence-corrected chi connectivity index (χ3v) is 4.67. The number of rotatable bonds is 5. The number of ether oxygens (including phenoxy) is 1. The Labute approximate surface area is 168 Å². The molecule has 146 valence electrons. The molecule has 0 amide bonds. The average molecular weight is 388 g/mol. The van der Waals surface area contributed by atoms with Crippen molar-refractivity contribution in [2.24, 2.45) is 7.05 Å². The Balaban J connectivity index is 1.60. The van der Waals surface area contributed by atoms with Crippen LogP contribution in [0.4, 0.5) is 4.39 Å². The Hall–Kier alpha value is -3.67. The van der Waals surface area contributed by atoms with Gasteiger partial charge in [0.15, 0.2) is 0 Å². The van der Waals surface area contributed by atoms with Gasteiger partial charge in [0.1, 0.15) is 17.4 Å². The van der Waals surface area contributed by atoms with Crippen molar-refractivity contribution in [1.29, 1.82) is 0 Å². The smallest absolute Gasteiger partial charge is 0.143 e. The molecule has 4 aromatic rings. The van der Waals surface area contributed by atoms with Crippen LogP contribution in [0.15, 0.2) is 61.2 Å². The molecule has 0 N–H and O–H groups in total. The summed E-state index contributed by atoms with van der Waals surface area (Å²) in [6.45, 7) is 1.95. The highest BCUT2D eigenvalue weighted by molar-refractivity contribution is 5.71. The first-order valence-corrected chi connectivity index (χ1v) is 9.20. The van der Waals surface area contributed by atoms with E-state index in [-0.39, 0.29) is 5.82 Å². The maximum atomic E-state index is 13.1. The van der Waals surface area contributed by atoms with E-state index < -0.39 is 0 Å². The Morgan fingerprint density at radius 2 is 1.83 bits per heavy atom. The van der Waals surface area contributed by atoms with Crippen molar-refractivity contribution in [3.63, 3.8) is 0 Å². The molecule has 5 nitrogen and oxygen atoms in total. The second-order valence-electron chi connectivity index (χ2n) is 6.79. The molecule has 0 unspecified atom stereocenters. The van der Waals surface area contributed by atoms with Crippen LogP contribution in [0.1, 0.15) is 17.1 Å². The highest BCUT2D eigenvalue weighted by Crippen LogP contribution is 2.26. The van der Waals surface area contributed by atoms with Gasteiger partial charge >= 0.3 is 0 Å². The van der Waals surface area contributed by atoms with Crippen LogP contribution in [0.25, 0.3) is 29.1 Å². The number of nitrogens with zero attached hydrogens (tertiary/aromatic N) is 4. The summed E-state index contributed by atoms with van der Waals surface area (Å²) in [4.78, 5) is 8.92. The van der Waals surface area contributed by atoms with Gasteiger partial charge in [-0.3, -0.25) is 0 Å². The van der Waals surface area contributed by atoms with E-state index >= 15 is 0 Å². The molecule has 4 rings (SSSR count). The first kappa shape index (κ1) is 18.7. The molecule has 2 aromatic carbocycles. The van der Waals surface area contributed by atoms with E-state index in [9.17, 15) is 4.39 Å². The van der Waals surface area contributed by atoms with Crippen molar-refractivity contribution in [1.82, 2.24) is 19.1 Å². The zero-order chi connectivity index (χ0) is 20.4. The fourth-order valence-electron chi connectivity index (χ4n) is 3.13. The van der Waals surface area contributed by atoms with Gasteiger partial charge in [0.25, 0.3) is 0 Å². The van der Waals surface area contributed by atoms with Crippen molar-refractivity contribution in [2.75, 3.05) is 7.11 Å². The molecule has 6 heteroatoms. The maximum absolute atomic E-state index is 13.1. The first-order valence-electron chi connectivity index (χ1n) is 9.20. The number of aryl methyl sites for hydroxylation is 2. The molecular formula is C23H21FN4O. The standard InChI is InChI=1S/C23H21FN4O/c1-16-13-28(15-25-16)21-10-4-17(12-22(21)29-3)5-11-23-26-20(14-27(23)2)18-6-8-19(24)9-7-18/h4-15H,1-3H3. The van der Waals surface area contributed by atoms with Crippen LogP contribution in [0.2, 0.25) is 0 Å². The minimum atomic E-state index is -0.256. The van der Waals surface area contributed by atoms with Crippen LogP contribution in [0.5, 0.6) is 5.75 Å². The van der Waals surface area contributed by atoms with Gasteiger partial charge in [-0.05, 0) is 55.0 Å². The van der Waals surface area contributed by atoms with Gasteiger partial charge in [-0.2, -0.15) is 0 Å². The Bertz CT molecular complexity index is 1170. The van der Waals surface area contributed by atoms with Gasteiger partial charge in [0.2, 0.25) is 0 Å². The van der Waals surface area contributed by atoms with Crippen LogP contribution in [0.3, 0.4) is 0 Å². The monoisotopic (exact) mass is 388 g/mol. The van der Waals surface area contributed by atoms with E-state index in [4.69, 9.17) is 4.74 Å². The van der Waals surface area contributed by atoms with E-state index in [2.05, 4.69) is 9.97 Å². The minimum Gasteiger partial charge on any atom is -0.495 e. The highest BCUT2D eigenvalue weighted by Gasteiger charge is 2.08. The molecule has 0 aliphatic rings. The molecule has 2 aromatic heterocycles. The molecular weight excluding hydrogens is 367 g/mol. The van der Waals surface area contributed by atoms with Gasteiger partial charge in [-0.1, -0.05) is 12.1 Å². The van der Waals surface area contributed by atoms with Gasteiger partial charge in [-0.15, -0.1) is 0 Å². The minimum absolute atomic E-state index is 0.256. The van der Waals surface area contributed by atoms with Crippen LogP contribution < -0.4 is 4.74 Å². The third-order valence-electron chi connectivity index (χ3n) is 4.67. The number of benzene rings is 2. The molecule has 0 radical (unpaired) electrons.